The molecule has 2 heterocycles. The highest BCUT2D eigenvalue weighted by atomic mass is 16.6. The van der Waals surface area contributed by atoms with Crippen LogP contribution in [0, 0.1) is 5.92 Å². The number of anilines is 1. The number of carbonyl (C=O) groups is 2. The molecule has 7 nitrogen and oxygen atoms in total. The van der Waals surface area contributed by atoms with Crippen molar-refractivity contribution in [2.75, 3.05) is 25.0 Å². The number of hydrogen-bond acceptors (Lipinski definition) is 5. The van der Waals surface area contributed by atoms with E-state index in [4.69, 9.17) is 4.74 Å². The summed E-state index contributed by atoms with van der Waals surface area (Å²) in [7, 11) is 0. The number of rotatable bonds is 7. The Kier molecular flexibility index (Phi) is 9.10. The van der Waals surface area contributed by atoms with E-state index >= 15 is 0 Å². The molecule has 2 aliphatic rings. The van der Waals surface area contributed by atoms with Crippen LogP contribution in [0.5, 0.6) is 0 Å². The van der Waals surface area contributed by atoms with E-state index in [1.807, 2.05) is 36.4 Å². The van der Waals surface area contributed by atoms with Gasteiger partial charge in [-0.3, -0.25) is 4.79 Å². The molecule has 1 saturated carbocycles. The molecule has 2 amide bonds. The zero-order valence-corrected chi connectivity index (χ0v) is 18.5. The zero-order valence-electron chi connectivity index (χ0n) is 18.5. The predicted molar refractivity (Wildman–Crippen MR) is 130 cm³/mol. The summed E-state index contributed by atoms with van der Waals surface area (Å²) in [4.78, 5) is 31.0. The van der Waals surface area contributed by atoms with Crippen molar-refractivity contribution < 1.29 is 14.3 Å². The van der Waals surface area contributed by atoms with Crippen LogP contribution < -0.4 is 10.6 Å². The lowest BCUT2D eigenvalue weighted by Crippen LogP contribution is -2.41. The van der Waals surface area contributed by atoms with E-state index in [1.54, 1.807) is 17.2 Å². The number of nitrogens with zero attached hydrogens (tertiary/aromatic N) is 2. The molecule has 1 aliphatic heterocycles. The third kappa shape index (κ3) is 7.20. The largest absolute Gasteiger partial charge is 0.445 e. The quantitative estimate of drug-likeness (QED) is 0.627. The third-order valence-electron chi connectivity index (χ3n) is 6.36. The molecule has 1 aliphatic carbocycles. The highest BCUT2D eigenvalue weighted by Crippen LogP contribution is 2.22. The van der Waals surface area contributed by atoms with Crippen molar-refractivity contribution in [1.29, 1.82) is 0 Å². The molecule has 2 aromatic rings. The lowest BCUT2D eigenvalue weighted by molar-refractivity contribution is 0.0801. The first-order chi connectivity index (χ1) is 15.7. The fourth-order valence-corrected chi connectivity index (χ4v) is 4.40. The lowest BCUT2D eigenvalue weighted by atomic mass is 9.97. The maximum atomic E-state index is 12.6. The first-order valence-electron chi connectivity index (χ1n) is 11.6. The number of amides is 2. The van der Waals surface area contributed by atoms with Crippen LogP contribution in [0.1, 0.15) is 61.9 Å². The average molecular weight is 453 g/mol. The van der Waals surface area contributed by atoms with E-state index in [0.717, 1.165) is 37.1 Å². The van der Waals surface area contributed by atoms with E-state index in [2.05, 4.69) is 15.6 Å². The molecule has 7 heteroatoms. The van der Waals surface area contributed by atoms with Gasteiger partial charge in [-0.15, -0.1) is 0 Å². The number of aromatic nitrogens is 1. The Morgan fingerprint density at radius 3 is 2.48 bits per heavy atom. The summed E-state index contributed by atoms with van der Waals surface area (Å²) < 4.78 is 5.42. The number of likely N-dealkylation sites (tertiary alicyclic amines) is 1. The molecule has 0 atom stereocenters. The molecule has 178 valence electrons. The van der Waals surface area contributed by atoms with Gasteiger partial charge in [0.1, 0.15) is 12.4 Å². The minimum Gasteiger partial charge on any atom is -0.445 e. The summed E-state index contributed by atoms with van der Waals surface area (Å²) >= 11 is 0. The number of benzene rings is 1. The van der Waals surface area contributed by atoms with Gasteiger partial charge in [0.2, 0.25) is 0 Å². The van der Waals surface area contributed by atoms with Crippen molar-refractivity contribution in [1.82, 2.24) is 15.2 Å². The summed E-state index contributed by atoms with van der Waals surface area (Å²) in [6.45, 7) is 2.20. The molecule has 2 N–H and O–H groups in total. The van der Waals surface area contributed by atoms with Crippen LogP contribution in [0.2, 0.25) is 0 Å². The van der Waals surface area contributed by atoms with Gasteiger partial charge in [-0.05, 0) is 49.3 Å². The van der Waals surface area contributed by atoms with E-state index < -0.39 is 0 Å². The van der Waals surface area contributed by atoms with E-state index in [1.165, 1.54) is 12.8 Å². The number of pyridine rings is 1. The van der Waals surface area contributed by atoms with Crippen LogP contribution in [-0.2, 0) is 11.3 Å². The summed E-state index contributed by atoms with van der Waals surface area (Å²) in [5, 5.41) is 6.49. The van der Waals surface area contributed by atoms with Crippen molar-refractivity contribution in [3.63, 3.8) is 0 Å². The zero-order chi connectivity index (χ0) is 22.2. The summed E-state index contributed by atoms with van der Waals surface area (Å²) in [6.07, 6.45) is 7.95. The fourth-order valence-electron chi connectivity index (χ4n) is 4.40. The van der Waals surface area contributed by atoms with Crippen molar-refractivity contribution in [2.45, 2.75) is 58.6 Å². The maximum Gasteiger partial charge on any atom is 0.410 e. The first kappa shape index (κ1) is 24.6. The molecule has 1 aromatic heterocycles. The minimum absolute atomic E-state index is 0. The highest BCUT2D eigenvalue weighted by Gasteiger charge is 2.24. The molecule has 1 saturated heterocycles. The topological polar surface area (TPSA) is 83.6 Å². The molecule has 0 unspecified atom stereocenters. The van der Waals surface area contributed by atoms with Gasteiger partial charge < -0.3 is 20.3 Å². The molecule has 2 fully saturated rings. The lowest BCUT2D eigenvalue weighted by Gasteiger charge is -2.31. The summed E-state index contributed by atoms with van der Waals surface area (Å²) in [6, 6.07) is 13.7. The summed E-state index contributed by atoms with van der Waals surface area (Å²) in [5.74, 6) is 1.05. The van der Waals surface area contributed by atoms with Gasteiger partial charge in [-0.2, -0.15) is 0 Å². The Morgan fingerprint density at radius 2 is 1.76 bits per heavy atom. The predicted octanol–water partition coefficient (Wildman–Crippen LogP) is 4.85. The van der Waals surface area contributed by atoms with Crippen LogP contribution in [0.25, 0.3) is 0 Å². The molecule has 33 heavy (non-hydrogen) atoms. The number of nitrogens with one attached hydrogen (secondary N) is 2. The van der Waals surface area contributed by atoms with E-state index in [-0.39, 0.29) is 19.4 Å². The maximum absolute atomic E-state index is 12.6. The second-order valence-corrected chi connectivity index (χ2v) is 8.74. The average Bonchev–Trinajstić information content (AvgIpc) is 3.35. The second kappa shape index (κ2) is 12.2. The number of piperidine rings is 1. The Balaban J connectivity index is 0.00000306. The van der Waals surface area contributed by atoms with Crippen molar-refractivity contribution in [2.24, 2.45) is 5.92 Å². The van der Waals surface area contributed by atoms with E-state index in [9.17, 15) is 9.59 Å². The second-order valence-electron chi connectivity index (χ2n) is 8.74. The number of ether oxygens (including phenoxy) is 1. The molecule has 4 rings (SSSR count). The fraction of sp³-hybridized carbons (Fsp3) is 0.500. The number of hydrogen-bond donors (Lipinski definition) is 2. The van der Waals surface area contributed by atoms with Gasteiger partial charge in [0, 0.05) is 37.4 Å². The van der Waals surface area contributed by atoms with Gasteiger partial charge in [0.05, 0.1) is 0 Å². The molecule has 0 radical (unpaired) electrons. The van der Waals surface area contributed by atoms with Crippen LogP contribution in [-0.4, -0.2) is 47.6 Å². The van der Waals surface area contributed by atoms with Gasteiger partial charge in [0.25, 0.3) is 5.91 Å². The van der Waals surface area contributed by atoms with Crippen molar-refractivity contribution in [3.05, 3.63) is 59.8 Å². The first-order valence-corrected chi connectivity index (χ1v) is 11.6. The SMILES string of the molecule is C.O=C(NCC1CCN(C(=O)OCc2ccccc2)CC1)c1ccnc(NC2CCCC2)c1. The minimum atomic E-state index is -0.268. The van der Waals surface area contributed by atoms with Crippen LogP contribution in [0.15, 0.2) is 48.7 Å². The molecule has 0 bridgehead atoms. The van der Waals surface area contributed by atoms with Gasteiger partial charge in [0.15, 0.2) is 0 Å². The molecular weight excluding hydrogens is 416 g/mol. The normalized spacial score (nSPS) is 16.7. The Morgan fingerprint density at radius 1 is 1.03 bits per heavy atom. The smallest absolute Gasteiger partial charge is 0.410 e. The Hall–Kier alpha value is -3.09. The Bertz CT molecular complexity index is 891. The van der Waals surface area contributed by atoms with Crippen LogP contribution in [0.4, 0.5) is 10.6 Å². The Labute approximate surface area is 196 Å². The van der Waals surface area contributed by atoms with Crippen molar-refractivity contribution >= 4 is 17.8 Å². The molecular formula is C26H36N4O3. The monoisotopic (exact) mass is 452 g/mol. The van der Waals surface area contributed by atoms with Gasteiger partial charge in [-0.25, -0.2) is 9.78 Å². The van der Waals surface area contributed by atoms with Gasteiger partial charge >= 0.3 is 6.09 Å². The highest BCUT2D eigenvalue weighted by molar-refractivity contribution is 5.94. The summed E-state index contributed by atoms with van der Waals surface area (Å²) in [5.41, 5.74) is 1.61. The van der Waals surface area contributed by atoms with Gasteiger partial charge in [-0.1, -0.05) is 50.6 Å². The standard InChI is InChI=1S/C25H32N4O3.CH4/c30-24(21-10-13-26-23(16-21)28-22-8-4-5-9-22)27-17-19-11-14-29(15-12-19)25(31)32-18-20-6-2-1-3-7-20;/h1-3,6-7,10,13,16,19,22H,4-5,8-9,11-12,14-15,17-18H2,(H,26,28)(H,27,30);1H4. The third-order valence-corrected chi connectivity index (χ3v) is 6.36. The van der Waals surface area contributed by atoms with Crippen molar-refractivity contribution in [3.8, 4) is 0 Å². The number of carbonyl (C=O) groups excluding carboxylic acids is 2. The van der Waals surface area contributed by atoms with Crippen LogP contribution >= 0.6 is 0 Å². The van der Waals surface area contributed by atoms with E-state index in [0.29, 0.717) is 43.8 Å². The van der Waals surface area contributed by atoms with Crippen LogP contribution in [0.3, 0.4) is 0 Å². The molecule has 1 aromatic carbocycles. The molecule has 0 spiro atoms.